The number of phenols is 1. The molecular formula is C38H35Cl2N3O9. The highest BCUT2D eigenvalue weighted by Crippen LogP contribution is 2.64. The number of methoxy groups -OCH3 is 2. The SMILES string of the molecule is COc1ccc(C23C(=O)N(Nc4ccc(Cl)cc4Cl)C(=O)C2CC2C(=CCC4C(=O)N(CCCC(=O)O)C(=O)C42)C3c2ccc(OC)c(O)c2)cc1. The smallest absolute Gasteiger partial charge is 0.303 e. The first-order chi connectivity index (χ1) is 24.9. The minimum atomic E-state index is -1.60. The zero-order valence-corrected chi connectivity index (χ0v) is 29.7. The number of halogens is 2. The second-order valence-electron chi connectivity index (χ2n) is 13.5. The molecule has 2 saturated heterocycles. The Morgan fingerprint density at radius 2 is 1.69 bits per heavy atom. The van der Waals surface area contributed by atoms with Crippen molar-refractivity contribution in [3.05, 3.63) is 93.5 Å². The molecule has 3 N–H and O–H groups in total. The van der Waals surface area contributed by atoms with Crippen LogP contribution in [0.2, 0.25) is 10.0 Å². The zero-order valence-electron chi connectivity index (χ0n) is 28.2. The van der Waals surface area contributed by atoms with Crippen LogP contribution in [0.5, 0.6) is 17.2 Å². The van der Waals surface area contributed by atoms with Crippen LogP contribution in [0.25, 0.3) is 0 Å². The summed E-state index contributed by atoms with van der Waals surface area (Å²) in [5.41, 5.74) is 3.31. The molecule has 2 aliphatic heterocycles. The Bertz CT molecular complexity index is 2040. The van der Waals surface area contributed by atoms with Crippen molar-refractivity contribution in [2.45, 2.75) is 37.0 Å². The van der Waals surface area contributed by atoms with Crippen molar-refractivity contribution in [2.75, 3.05) is 26.2 Å². The quantitative estimate of drug-likeness (QED) is 0.177. The number of amides is 4. The fourth-order valence-corrected chi connectivity index (χ4v) is 9.23. The number of fused-ring (bicyclic) bond motifs is 4. The third kappa shape index (κ3) is 5.47. The first-order valence-corrected chi connectivity index (χ1v) is 17.6. The van der Waals surface area contributed by atoms with Gasteiger partial charge in [0.2, 0.25) is 11.8 Å². The monoisotopic (exact) mass is 747 g/mol. The van der Waals surface area contributed by atoms with Crippen molar-refractivity contribution in [2.24, 2.45) is 23.7 Å². The van der Waals surface area contributed by atoms with E-state index in [0.717, 1.165) is 9.91 Å². The van der Waals surface area contributed by atoms with E-state index in [1.54, 1.807) is 48.5 Å². The van der Waals surface area contributed by atoms with E-state index >= 15 is 4.79 Å². The number of rotatable bonds is 10. The minimum Gasteiger partial charge on any atom is -0.504 e. The Labute approximate surface area is 308 Å². The molecule has 7 rings (SSSR count). The molecular weight excluding hydrogens is 713 g/mol. The van der Waals surface area contributed by atoms with Gasteiger partial charge in [0.15, 0.2) is 11.5 Å². The van der Waals surface area contributed by atoms with Crippen LogP contribution in [0.15, 0.2) is 72.3 Å². The molecule has 6 unspecified atom stereocenters. The van der Waals surface area contributed by atoms with E-state index in [9.17, 15) is 29.4 Å². The van der Waals surface area contributed by atoms with Crippen LogP contribution in [0.1, 0.15) is 42.7 Å². The highest BCUT2D eigenvalue weighted by atomic mass is 35.5. The summed E-state index contributed by atoms with van der Waals surface area (Å²) in [6.45, 7) is -0.0367. The van der Waals surface area contributed by atoms with Gasteiger partial charge in [0.25, 0.3) is 11.8 Å². The number of allylic oxidation sites excluding steroid dienone is 2. The van der Waals surface area contributed by atoms with Gasteiger partial charge < -0.3 is 19.7 Å². The molecule has 12 nitrogen and oxygen atoms in total. The number of carbonyl (C=O) groups is 5. The summed E-state index contributed by atoms with van der Waals surface area (Å²) >= 11 is 12.6. The average molecular weight is 749 g/mol. The van der Waals surface area contributed by atoms with Crippen LogP contribution >= 0.6 is 23.2 Å². The largest absolute Gasteiger partial charge is 0.504 e. The fourth-order valence-electron chi connectivity index (χ4n) is 8.78. The van der Waals surface area contributed by atoms with Crippen LogP contribution in [-0.2, 0) is 29.4 Å². The van der Waals surface area contributed by atoms with Crippen LogP contribution in [0, 0.1) is 23.7 Å². The lowest BCUT2D eigenvalue weighted by molar-refractivity contribution is -0.142. The third-order valence-electron chi connectivity index (χ3n) is 11.0. The van der Waals surface area contributed by atoms with Crippen molar-refractivity contribution in [3.8, 4) is 17.2 Å². The van der Waals surface area contributed by atoms with E-state index in [-0.39, 0.29) is 60.3 Å². The number of imide groups is 2. The van der Waals surface area contributed by atoms with Gasteiger partial charge in [-0.05, 0) is 78.8 Å². The van der Waals surface area contributed by atoms with Crippen LogP contribution in [0.4, 0.5) is 5.69 Å². The van der Waals surface area contributed by atoms with Crippen LogP contribution < -0.4 is 14.9 Å². The number of hydrazine groups is 1. The standard InChI is InChI=1S/C38H35Cl2N3O9/c1-51-22-9-6-20(7-10-22)38-26(35(48)43(37(38)50)41-28-13-8-21(39)17-27(28)40)18-25-23(33(38)19-5-14-30(52-2)29(44)16-19)11-12-24-32(25)36(49)42(34(24)47)15-3-4-31(45)46/h5-11,13-14,16-17,24-26,32-33,41,44H,3-4,12,15,18H2,1-2H3,(H,45,46). The lowest BCUT2D eigenvalue weighted by atomic mass is 9.49. The second-order valence-corrected chi connectivity index (χ2v) is 14.3. The molecule has 0 spiro atoms. The van der Waals surface area contributed by atoms with E-state index < -0.39 is 58.7 Å². The number of nitrogens with zero attached hydrogens (tertiary/aromatic N) is 2. The summed E-state index contributed by atoms with van der Waals surface area (Å²) in [4.78, 5) is 70.3. The van der Waals surface area contributed by atoms with Gasteiger partial charge in [-0.25, -0.2) is 0 Å². The maximum Gasteiger partial charge on any atom is 0.303 e. The van der Waals surface area contributed by atoms with Gasteiger partial charge in [-0.3, -0.25) is 34.3 Å². The average Bonchev–Trinajstić information content (AvgIpc) is 3.49. The van der Waals surface area contributed by atoms with Gasteiger partial charge in [0.1, 0.15) is 5.75 Å². The molecule has 52 heavy (non-hydrogen) atoms. The number of ether oxygens (including phenoxy) is 2. The van der Waals surface area contributed by atoms with Crippen molar-refractivity contribution >= 4 is 58.5 Å². The summed E-state index contributed by atoms with van der Waals surface area (Å²) in [5, 5.41) is 21.8. The number of anilines is 1. The Morgan fingerprint density at radius 1 is 0.942 bits per heavy atom. The van der Waals surface area contributed by atoms with Crippen molar-refractivity contribution < 1.29 is 43.7 Å². The number of aromatic hydroxyl groups is 1. The predicted octanol–water partition coefficient (Wildman–Crippen LogP) is 5.57. The Morgan fingerprint density at radius 3 is 2.35 bits per heavy atom. The molecule has 0 bridgehead atoms. The van der Waals surface area contributed by atoms with E-state index in [0.29, 0.717) is 27.5 Å². The molecule has 270 valence electrons. The molecule has 0 aromatic heterocycles. The van der Waals surface area contributed by atoms with Gasteiger partial charge in [-0.1, -0.05) is 53.1 Å². The van der Waals surface area contributed by atoms with Crippen molar-refractivity contribution in [1.29, 1.82) is 0 Å². The second kappa shape index (κ2) is 13.5. The normalized spacial score (nSPS) is 26.5. The number of carboxylic acids is 1. The van der Waals surface area contributed by atoms with Crippen molar-refractivity contribution in [3.63, 3.8) is 0 Å². The third-order valence-corrected chi connectivity index (χ3v) is 11.5. The lowest BCUT2D eigenvalue weighted by Crippen LogP contribution is -2.53. The Kier molecular flexibility index (Phi) is 9.16. The van der Waals surface area contributed by atoms with Gasteiger partial charge in [0.05, 0.1) is 48.1 Å². The molecule has 6 atom stereocenters. The number of nitrogens with one attached hydrogen (secondary N) is 1. The maximum absolute atomic E-state index is 15.3. The number of phenolic OH excluding ortho intramolecular Hbond substituents is 1. The predicted molar refractivity (Wildman–Crippen MR) is 189 cm³/mol. The summed E-state index contributed by atoms with van der Waals surface area (Å²) in [7, 11) is 2.93. The minimum absolute atomic E-state index is 0.0367. The number of carboxylic acid groups (broad SMARTS) is 1. The maximum atomic E-state index is 15.3. The Hall–Kier alpha value is -5.07. The Balaban J connectivity index is 1.42. The lowest BCUT2D eigenvalue weighted by Gasteiger charge is -2.50. The topological polar surface area (TPSA) is 163 Å². The molecule has 3 aromatic rings. The summed E-state index contributed by atoms with van der Waals surface area (Å²) in [5.74, 6) is -6.56. The zero-order chi connectivity index (χ0) is 37.1. The number of aliphatic carboxylic acids is 1. The van der Waals surface area contributed by atoms with E-state index in [2.05, 4.69) is 5.43 Å². The summed E-state index contributed by atoms with van der Waals surface area (Å²) in [6.07, 6.45) is 2.05. The molecule has 14 heteroatoms. The van der Waals surface area contributed by atoms with Crippen LogP contribution in [-0.4, -0.2) is 70.5 Å². The first kappa shape index (κ1) is 35.3. The number of hydrogen-bond donors (Lipinski definition) is 3. The molecule has 0 radical (unpaired) electrons. The summed E-state index contributed by atoms with van der Waals surface area (Å²) < 4.78 is 10.8. The van der Waals surface area contributed by atoms with E-state index in [1.165, 1.54) is 26.4 Å². The molecule has 1 saturated carbocycles. The fraction of sp³-hybridized carbons (Fsp3) is 0.342. The highest BCUT2D eigenvalue weighted by Gasteiger charge is 2.70. The van der Waals surface area contributed by atoms with Gasteiger partial charge >= 0.3 is 5.97 Å². The molecule has 2 heterocycles. The molecule has 3 fully saturated rings. The van der Waals surface area contributed by atoms with Gasteiger partial charge in [0, 0.05) is 23.9 Å². The van der Waals surface area contributed by atoms with Crippen molar-refractivity contribution in [1.82, 2.24) is 9.91 Å². The summed E-state index contributed by atoms with van der Waals surface area (Å²) in [6, 6.07) is 16.3. The highest BCUT2D eigenvalue weighted by molar-refractivity contribution is 6.36. The van der Waals surface area contributed by atoms with Gasteiger partial charge in [-0.15, -0.1) is 0 Å². The van der Waals surface area contributed by atoms with Gasteiger partial charge in [-0.2, -0.15) is 5.01 Å². The van der Waals surface area contributed by atoms with Crippen LogP contribution in [0.3, 0.4) is 0 Å². The number of benzene rings is 3. The number of carbonyl (C=O) groups excluding carboxylic acids is 4. The van der Waals surface area contributed by atoms with E-state index in [4.69, 9.17) is 32.7 Å². The number of hydrogen-bond acceptors (Lipinski definition) is 9. The van der Waals surface area contributed by atoms with E-state index in [1.807, 2.05) is 6.08 Å². The molecule has 3 aromatic carbocycles. The molecule has 4 amide bonds. The molecule has 2 aliphatic carbocycles. The number of likely N-dealkylation sites (tertiary alicyclic amines) is 1. The first-order valence-electron chi connectivity index (χ1n) is 16.8. The molecule has 4 aliphatic rings.